The number of hydrogen-bond donors (Lipinski definition) is 1. The maximum atomic E-state index is 11.6. The van der Waals surface area contributed by atoms with Crippen LogP contribution in [-0.2, 0) is 9.53 Å². The van der Waals surface area contributed by atoms with Gasteiger partial charge >= 0.3 is 0 Å². The fourth-order valence-corrected chi connectivity index (χ4v) is 2.29. The second kappa shape index (κ2) is 2.96. The molecule has 0 aromatic heterocycles. The maximum absolute atomic E-state index is 11.6. The first-order chi connectivity index (χ1) is 6.17. The van der Waals surface area contributed by atoms with Crippen molar-refractivity contribution in [2.45, 2.75) is 38.0 Å². The van der Waals surface area contributed by atoms with Gasteiger partial charge in [0.1, 0.15) is 5.72 Å². The molecule has 0 spiro atoms. The van der Waals surface area contributed by atoms with Gasteiger partial charge in [0.2, 0.25) is 5.91 Å². The van der Waals surface area contributed by atoms with E-state index in [1.165, 1.54) is 0 Å². The third kappa shape index (κ3) is 1.25. The van der Waals surface area contributed by atoms with Crippen molar-refractivity contribution in [3.05, 3.63) is 0 Å². The van der Waals surface area contributed by atoms with Crippen LogP contribution in [0.5, 0.6) is 0 Å². The minimum absolute atomic E-state index is 0.00132. The van der Waals surface area contributed by atoms with Gasteiger partial charge in [-0.25, -0.2) is 0 Å². The standard InChI is InChI=1S/C9H15NO3/c1-9-4-2-3-8(12)10(9)7(5-11)6-13-9/h7,11H,2-6H2,1H3. The fourth-order valence-electron chi connectivity index (χ4n) is 2.29. The van der Waals surface area contributed by atoms with E-state index in [4.69, 9.17) is 9.84 Å². The zero-order chi connectivity index (χ0) is 9.47. The number of nitrogens with zero attached hydrogens (tertiary/aromatic N) is 1. The highest BCUT2D eigenvalue weighted by Gasteiger charge is 2.48. The molecule has 2 atom stereocenters. The number of aliphatic hydroxyl groups excluding tert-OH is 1. The van der Waals surface area contributed by atoms with Crippen molar-refractivity contribution in [2.75, 3.05) is 13.2 Å². The van der Waals surface area contributed by atoms with Crippen molar-refractivity contribution < 1.29 is 14.6 Å². The number of carbonyl (C=O) groups excluding carboxylic acids is 1. The molecule has 2 rings (SSSR count). The van der Waals surface area contributed by atoms with Gasteiger partial charge in [0.25, 0.3) is 0 Å². The van der Waals surface area contributed by atoms with Gasteiger partial charge in [-0.05, 0) is 19.8 Å². The highest BCUT2D eigenvalue weighted by molar-refractivity contribution is 5.78. The maximum Gasteiger partial charge on any atom is 0.225 e. The molecule has 4 nitrogen and oxygen atoms in total. The normalized spacial score (nSPS) is 39.4. The molecule has 2 heterocycles. The third-order valence-electron chi connectivity index (χ3n) is 2.97. The Kier molecular flexibility index (Phi) is 2.04. The second-order valence-electron chi connectivity index (χ2n) is 3.94. The number of hydrogen-bond acceptors (Lipinski definition) is 3. The van der Waals surface area contributed by atoms with Crippen molar-refractivity contribution in [1.29, 1.82) is 0 Å². The smallest absolute Gasteiger partial charge is 0.225 e. The molecular formula is C9H15NO3. The van der Waals surface area contributed by atoms with Crippen molar-refractivity contribution in [3.8, 4) is 0 Å². The van der Waals surface area contributed by atoms with Gasteiger partial charge in [-0.15, -0.1) is 0 Å². The van der Waals surface area contributed by atoms with Gasteiger partial charge in [0, 0.05) is 6.42 Å². The first-order valence-corrected chi connectivity index (χ1v) is 4.74. The van der Waals surface area contributed by atoms with Gasteiger partial charge in [-0.2, -0.15) is 0 Å². The molecule has 2 saturated heterocycles. The Balaban J connectivity index is 2.23. The van der Waals surface area contributed by atoms with E-state index in [0.717, 1.165) is 12.8 Å². The molecule has 0 aliphatic carbocycles. The highest BCUT2D eigenvalue weighted by Crippen LogP contribution is 2.36. The summed E-state index contributed by atoms with van der Waals surface area (Å²) in [5.41, 5.74) is -0.442. The van der Waals surface area contributed by atoms with Crippen molar-refractivity contribution >= 4 is 5.91 Å². The Morgan fingerprint density at radius 1 is 1.77 bits per heavy atom. The van der Waals surface area contributed by atoms with Crippen LogP contribution >= 0.6 is 0 Å². The van der Waals surface area contributed by atoms with Crippen LogP contribution in [0.3, 0.4) is 0 Å². The molecule has 0 aromatic rings. The van der Waals surface area contributed by atoms with E-state index in [1.807, 2.05) is 6.92 Å². The lowest BCUT2D eigenvalue weighted by atomic mass is 9.99. The Bertz CT molecular complexity index is 231. The molecule has 1 N–H and O–H groups in total. The number of carbonyl (C=O) groups is 1. The molecule has 0 aromatic carbocycles. The molecule has 0 saturated carbocycles. The monoisotopic (exact) mass is 185 g/mol. The average molecular weight is 185 g/mol. The van der Waals surface area contributed by atoms with E-state index in [1.54, 1.807) is 4.90 Å². The lowest BCUT2D eigenvalue weighted by molar-refractivity contribution is -0.157. The lowest BCUT2D eigenvalue weighted by Gasteiger charge is -2.39. The quantitative estimate of drug-likeness (QED) is 0.630. The summed E-state index contributed by atoms with van der Waals surface area (Å²) < 4.78 is 5.56. The predicted octanol–water partition coefficient (Wildman–Crippen LogP) is 0.106. The van der Waals surface area contributed by atoms with Crippen LogP contribution in [-0.4, -0.2) is 40.9 Å². The highest BCUT2D eigenvalue weighted by atomic mass is 16.5. The predicted molar refractivity (Wildman–Crippen MR) is 45.9 cm³/mol. The second-order valence-corrected chi connectivity index (χ2v) is 3.94. The molecule has 2 unspecified atom stereocenters. The summed E-state index contributed by atoms with van der Waals surface area (Å²) in [6.07, 6.45) is 2.37. The molecular weight excluding hydrogens is 170 g/mol. The molecule has 0 radical (unpaired) electrons. The Morgan fingerprint density at radius 2 is 2.54 bits per heavy atom. The largest absolute Gasteiger partial charge is 0.394 e. The molecule has 2 fully saturated rings. The van der Waals surface area contributed by atoms with Crippen LogP contribution in [0.25, 0.3) is 0 Å². The third-order valence-corrected chi connectivity index (χ3v) is 2.97. The van der Waals surface area contributed by atoms with E-state index in [-0.39, 0.29) is 18.6 Å². The van der Waals surface area contributed by atoms with Crippen LogP contribution in [0.4, 0.5) is 0 Å². The summed E-state index contributed by atoms with van der Waals surface area (Å²) >= 11 is 0. The minimum atomic E-state index is -0.442. The first-order valence-electron chi connectivity index (χ1n) is 4.74. The molecule has 1 amide bonds. The molecule has 2 aliphatic rings. The van der Waals surface area contributed by atoms with Crippen LogP contribution in [0, 0.1) is 0 Å². The van der Waals surface area contributed by atoms with Gasteiger partial charge in [-0.3, -0.25) is 4.79 Å². The van der Waals surface area contributed by atoms with Crippen molar-refractivity contribution in [3.63, 3.8) is 0 Å². The van der Waals surface area contributed by atoms with E-state index in [2.05, 4.69) is 0 Å². The number of aliphatic hydroxyl groups is 1. The van der Waals surface area contributed by atoms with Crippen LogP contribution in [0.15, 0.2) is 0 Å². The number of fused-ring (bicyclic) bond motifs is 1. The van der Waals surface area contributed by atoms with Gasteiger partial charge < -0.3 is 14.7 Å². The first kappa shape index (κ1) is 8.97. The van der Waals surface area contributed by atoms with Crippen LogP contribution < -0.4 is 0 Å². The summed E-state index contributed by atoms with van der Waals surface area (Å²) in [5.74, 6) is 0.116. The summed E-state index contributed by atoms with van der Waals surface area (Å²) in [7, 11) is 0. The van der Waals surface area contributed by atoms with Gasteiger partial charge in [0.15, 0.2) is 0 Å². The lowest BCUT2D eigenvalue weighted by Crippen LogP contribution is -2.53. The van der Waals surface area contributed by atoms with Gasteiger partial charge in [-0.1, -0.05) is 0 Å². The molecule has 13 heavy (non-hydrogen) atoms. The number of amides is 1. The van der Waals surface area contributed by atoms with E-state index in [0.29, 0.717) is 13.0 Å². The Hall–Kier alpha value is -0.610. The summed E-state index contributed by atoms with van der Waals surface area (Å²) in [4.78, 5) is 13.3. The number of rotatable bonds is 1. The number of piperidine rings is 1. The summed E-state index contributed by atoms with van der Waals surface area (Å²) in [6.45, 7) is 2.40. The van der Waals surface area contributed by atoms with Crippen LogP contribution in [0.1, 0.15) is 26.2 Å². The molecule has 74 valence electrons. The van der Waals surface area contributed by atoms with Crippen molar-refractivity contribution in [2.24, 2.45) is 0 Å². The average Bonchev–Trinajstić information content (AvgIpc) is 2.43. The van der Waals surface area contributed by atoms with Gasteiger partial charge in [0.05, 0.1) is 19.3 Å². The van der Waals surface area contributed by atoms with E-state index >= 15 is 0 Å². The van der Waals surface area contributed by atoms with Crippen molar-refractivity contribution in [1.82, 2.24) is 4.90 Å². The molecule has 4 heteroatoms. The fraction of sp³-hybridized carbons (Fsp3) is 0.889. The molecule has 0 bridgehead atoms. The molecule has 2 aliphatic heterocycles. The number of ether oxygens (including phenoxy) is 1. The van der Waals surface area contributed by atoms with E-state index in [9.17, 15) is 4.79 Å². The van der Waals surface area contributed by atoms with Crippen LogP contribution in [0.2, 0.25) is 0 Å². The SMILES string of the molecule is CC12CCCC(=O)N1C(CO)CO2. The minimum Gasteiger partial charge on any atom is -0.394 e. The zero-order valence-electron chi connectivity index (χ0n) is 7.82. The summed E-state index contributed by atoms with van der Waals surface area (Å²) in [5, 5.41) is 9.06. The van der Waals surface area contributed by atoms with E-state index < -0.39 is 5.72 Å². The Labute approximate surface area is 77.5 Å². The summed E-state index contributed by atoms with van der Waals surface area (Å²) in [6, 6.07) is -0.127. The topological polar surface area (TPSA) is 49.8 Å². The Morgan fingerprint density at radius 3 is 3.23 bits per heavy atom. The zero-order valence-corrected chi connectivity index (χ0v) is 7.82.